The Morgan fingerprint density at radius 2 is 2.27 bits per heavy atom. The van der Waals surface area contributed by atoms with Gasteiger partial charge in [-0.25, -0.2) is 4.98 Å². The van der Waals surface area contributed by atoms with Gasteiger partial charge in [-0.05, 0) is 12.8 Å². The van der Waals surface area contributed by atoms with Gasteiger partial charge in [0.2, 0.25) is 5.95 Å². The van der Waals surface area contributed by atoms with Gasteiger partial charge in [0.05, 0.1) is 0 Å². The quantitative estimate of drug-likeness (QED) is 0.802. The van der Waals surface area contributed by atoms with Crippen molar-refractivity contribution in [2.45, 2.75) is 25.7 Å². The summed E-state index contributed by atoms with van der Waals surface area (Å²) in [6, 6.07) is 0. The molecule has 2 rings (SSSR count). The molecule has 0 unspecified atom stereocenters. The van der Waals surface area contributed by atoms with Crippen LogP contribution in [0.5, 0.6) is 0 Å². The molecule has 3 nitrogen and oxygen atoms in total. The van der Waals surface area contributed by atoms with Crippen molar-refractivity contribution in [2.75, 3.05) is 17.7 Å². The monoisotopic (exact) mass is 227 g/mol. The summed E-state index contributed by atoms with van der Waals surface area (Å²) in [6.07, 6.45) is 8.88. The van der Waals surface area contributed by atoms with Gasteiger partial charge in [-0.3, -0.25) is 0 Å². The van der Waals surface area contributed by atoms with E-state index < -0.39 is 0 Å². The van der Waals surface area contributed by atoms with E-state index in [2.05, 4.69) is 10.3 Å². The first-order chi connectivity index (χ1) is 7.26. The Labute approximate surface area is 95.8 Å². The Bertz CT molecular complexity index is 315. The summed E-state index contributed by atoms with van der Waals surface area (Å²) in [6.45, 7) is 0.946. The van der Waals surface area contributed by atoms with Crippen LogP contribution in [0.1, 0.15) is 25.7 Å². The smallest absolute Gasteiger partial charge is 0.202 e. The normalized spacial score (nSPS) is 19.3. The van der Waals surface area contributed by atoms with Crippen molar-refractivity contribution in [2.24, 2.45) is 12.5 Å². The number of aryl methyl sites for hydroxylation is 1. The standard InChI is InChI=1S/C11H18ClN3/c1-15-7-6-13-10(15)14-9-11(8-12)4-2-3-5-11/h6-7H,2-5,8-9H2,1H3,(H,13,14). The molecule has 0 aliphatic heterocycles. The fraction of sp³-hybridized carbons (Fsp3) is 0.727. The first-order valence-corrected chi connectivity index (χ1v) is 6.06. The van der Waals surface area contributed by atoms with Gasteiger partial charge in [-0.2, -0.15) is 0 Å². The number of imidazole rings is 1. The minimum Gasteiger partial charge on any atom is -0.355 e. The van der Waals surface area contributed by atoms with Crippen LogP contribution in [0.25, 0.3) is 0 Å². The van der Waals surface area contributed by atoms with Crippen LogP contribution < -0.4 is 5.32 Å². The molecule has 1 heterocycles. The highest BCUT2D eigenvalue weighted by molar-refractivity contribution is 6.18. The lowest BCUT2D eigenvalue weighted by Gasteiger charge is -2.26. The molecule has 15 heavy (non-hydrogen) atoms. The Hall–Kier alpha value is -0.700. The highest BCUT2D eigenvalue weighted by Gasteiger charge is 2.32. The minimum atomic E-state index is 0.299. The van der Waals surface area contributed by atoms with Gasteiger partial charge in [0.1, 0.15) is 0 Å². The summed E-state index contributed by atoms with van der Waals surface area (Å²) in [5, 5.41) is 3.39. The van der Waals surface area contributed by atoms with E-state index in [4.69, 9.17) is 11.6 Å². The molecule has 0 amide bonds. The number of hydrogen-bond donors (Lipinski definition) is 1. The van der Waals surface area contributed by atoms with Crippen LogP contribution in [0.15, 0.2) is 12.4 Å². The molecule has 1 N–H and O–H groups in total. The van der Waals surface area contributed by atoms with Gasteiger partial charge in [-0.1, -0.05) is 12.8 Å². The molecular formula is C11H18ClN3. The van der Waals surface area contributed by atoms with E-state index in [1.807, 2.05) is 24.0 Å². The second kappa shape index (κ2) is 4.44. The summed E-state index contributed by atoms with van der Waals surface area (Å²) >= 11 is 6.08. The molecule has 1 saturated carbocycles. The molecule has 1 aromatic rings. The average molecular weight is 228 g/mol. The van der Waals surface area contributed by atoms with E-state index in [1.54, 1.807) is 0 Å². The lowest BCUT2D eigenvalue weighted by molar-refractivity contribution is 0.367. The Morgan fingerprint density at radius 1 is 1.53 bits per heavy atom. The SMILES string of the molecule is Cn1ccnc1NCC1(CCl)CCCC1. The van der Waals surface area contributed by atoms with Crippen LogP contribution in [0.2, 0.25) is 0 Å². The molecule has 0 bridgehead atoms. The summed E-state index contributed by atoms with van der Waals surface area (Å²) < 4.78 is 2.00. The molecule has 84 valence electrons. The van der Waals surface area contributed by atoms with Crippen molar-refractivity contribution in [3.8, 4) is 0 Å². The summed E-state index contributed by atoms with van der Waals surface area (Å²) in [4.78, 5) is 4.25. The maximum atomic E-state index is 6.08. The van der Waals surface area contributed by atoms with Crippen LogP contribution >= 0.6 is 11.6 Å². The Kier molecular flexibility index (Phi) is 3.19. The van der Waals surface area contributed by atoms with Gasteiger partial charge in [0.15, 0.2) is 0 Å². The second-order valence-corrected chi connectivity index (χ2v) is 4.82. The zero-order valence-electron chi connectivity index (χ0n) is 9.17. The van der Waals surface area contributed by atoms with Crippen molar-refractivity contribution >= 4 is 17.5 Å². The largest absolute Gasteiger partial charge is 0.355 e. The van der Waals surface area contributed by atoms with Crippen LogP contribution in [0.3, 0.4) is 0 Å². The molecule has 1 aliphatic carbocycles. The molecule has 1 aromatic heterocycles. The van der Waals surface area contributed by atoms with Gasteiger partial charge in [0, 0.05) is 37.3 Å². The number of rotatable bonds is 4. The maximum absolute atomic E-state index is 6.08. The molecule has 1 fully saturated rings. The molecule has 0 atom stereocenters. The van der Waals surface area contributed by atoms with E-state index in [-0.39, 0.29) is 0 Å². The lowest BCUT2D eigenvalue weighted by atomic mass is 9.89. The zero-order chi connectivity index (χ0) is 10.7. The molecule has 0 saturated heterocycles. The third-order valence-electron chi connectivity index (χ3n) is 3.39. The van der Waals surface area contributed by atoms with Crippen molar-refractivity contribution in [3.63, 3.8) is 0 Å². The number of anilines is 1. The van der Waals surface area contributed by atoms with Crippen molar-refractivity contribution in [1.29, 1.82) is 0 Å². The fourth-order valence-electron chi connectivity index (χ4n) is 2.29. The van der Waals surface area contributed by atoms with E-state index in [9.17, 15) is 0 Å². The molecule has 4 heteroatoms. The van der Waals surface area contributed by atoms with Gasteiger partial charge >= 0.3 is 0 Å². The first-order valence-electron chi connectivity index (χ1n) is 5.53. The predicted octanol–water partition coefficient (Wildman–Crippen LogP) is 2.63. The summed E-state index contributed by atoms with van der Waals surface area (Å²) in [5.41, 5.74) is 0.299. The van der Waals surface area contributed by atoms with Crippen LogP contribution in [0.4, 0.5) is 5.95 Å². The van der Waals surface area contributed by atoms with E-state index >= 15 is 0 Å². The van der Waals surface area contributed by atoms with Crippen LogP contribution in [-0.2, 0) is 7.05 Å². The molecule has 1 aliphatic rings. The topological polar surface area (TPSA) is 29.9 Å². The molecule has 0 aromatic carbocycles. The van der Waals surface area contributed by atoms with Crippen molar-refractivity contribution < 1.29 is 0 Å². The van der Waals surface area contributed by atoms with Gasteiger partial charge < -0.3 is 9.88 Å². The first kappa shape index (κ1) is 10.8. The number of nitrogens with zero attached hydrogens (tertiary/aromatic N) is 2. The third-order valence-corrected chi connectivity index (χ3v) is 3.96. The number of nitrogens with one attached hydrogen (secondary N) is 1. The predicted molar refractivity (Wildman–Crippen MR) is 63.3 cm³/mol. The molecule has 0 radical (unpaired) electrons. The maximum Gasteiger partial charge on any atom is 0.202 e. The highest BCUT2D eigenvalue weighted by atomic mass is 35.5. The van der Waals surface area contributed by atoms with E-state index in [0.29, 0.717) is 5.41 Å². The highest BCUT2D eigenvalue weighted by Crippen LogP contribution is 2.39. The van der Waals surface area contributed by atoms with Gasteiger partial charge in [-0.15, -0.1) is 11.6 Å². The van der Waals surface area contributed by atoms with Gasteiger partial charge in [0.25, 0.3) is 0 Å². The number of aromatic nitrogens is 2. The number of halogens is 1. The summed E-state index contributed by atoms with van der Waals surface area (Å²) in [7, 11) is 2.00. The van der Waals surface area contributed by atoms with E-state index in [0.717, 1.165) is 18.4 Å². The molecule has 0 spiro atoms. The number of alkyl halides is 1. The summed E-state index contributed by atoms with van der Waals surface area (Å²) in [5.74, 6) is 1.69. The van der Waals surface area contributed by atoms with Crippen molar-refractivity contribution in [3.05, 3.63) is 12.4 Å². The minimum absolute atomic E-state index is 0.299. The van der Waals surface area contributed by atoms with Crippen LogP contribution in [-0.4, -0.2) is 22.0 Å². The third kappa shape index (κ3) is 2.28. The number of hydrogen-bond acceptors (Lipinski definition) is 2. The van der Waals surface area contributed by atoms with Crippen LogP contribution in [0, 0.1) is 5.41 Å². The molecular weight excluding hydrogens is 210 g/mol. The fourth-order valence-corrected chi connectivity index (χ4v) is 2.65. The Morgan fingerprint density at radius 3 is 2.80 bits per heavy atom. The lowest BCUT2D eigenvalue weighted by Crippen LogP contribution is -2.29. The second-order valence-electron chi connectivity index (χ2n) is 4.56. The van der Waals surface area contributed by atoms with E-state index in [1.165, 1.54) is 25.7 Å². The zero-order valence-corrected chi connectivity index (χ0v) is 9.93. The average Bonchev–Trinajstić information content (AvgIpc) is 2.85. The Balaban J connectivity index is 1.94. The van der Waals surface area contributed by atoms with Crippen molar-refractivity contribution in [1.82, 2.24) is 9.55 Å².